The van der Waals surface area contributed by atoms with E-state index < -0.39 is 0 Å². The zero-order valence-electron chi connectivity index (χ0n) is 7.13. The molecule has 0 fully saturated rings. The van der Waals surface area contributed by atoms with Crippen molar-refractivity contribution in [1.82, 2.24) is 0 Å². The molecule has 0 nitrogen and oxygen atoms in total. The minimum atomic E-state index is 0.939. The maximum absolute atomic E-state index is 3.47. The van der Waals surface area contributed by atoms with Gasteiger partial charge in [0.1, 0.15) is 0 Å². The Balaban J connectivity index is 3.01. The topological polar surface area (TPSA) is 0 Å². The Bertz CT molecular complexity index is 205. The zero-order chi connectivity index (χ0) is 8.97. The third-order valence-electron chi connectivity index (χ3n) is 1.57. The van der Waals surface area contributed by atoms with Crippen molar-refractivity contribution in [1.29, 1.82) is 0 Å². The summed E-state index contributed by atoms with van der Waals surface area (Å²) >= 11 is 7.05. The molecule has 12 heavy (non-hydrogen) atoms. The molecule has 0 radical (unpaired) electrons. The van der Waals surface area contributed by atoms with E-state index in [-0.39, 0.29) is 0 Å². The van der Waals surface area contributed by atoms with Crippen LogP contribution in [0.3, 0.4) is 0 Å². The Morgan fingerprint density at radius 1 is 1.08 bits per heavy atom. The molecule has 0 spiro atoms. The molecule has 0 unspecified atom stereocenters. The Morgan fingerprint density at radius 2 is 1.58 bits per heavy atom. The van der Waals surface area contributed by atoms with Crippen molar-refractivity contribution in [3.63, 3.8) is 0 Å². The number of hydrogen-bond acceptors (Lipinski definition) is 2. The van der Waals surface area contributed by atoms with Gasteiger partial charge in [0, 0.05) is 15.1 Å². The lowest BCUT2D eigenvalue weighted by Gasteiger charge is -2.03. The van der Waals surface area contributed by atoms with E-state index in [9.17, 15) is 0 Å². The van der Waals surface area contributed by atoms with Gasteiger partial charge in [-0.15, -0.1) is 23.5 Å². The average molecular weight is 263 g/mol. The van der Waals surface area contributed by atoms with Crippen molar-refractivity contribution in [3.8, 4) is 0 Å². The summed E-state index contributed by atoms with van der Waals surface area (Å²) in [5.41, 5.74) is 1.35. The third kappa shape index (κ3) is 2.71. The van der Waals surface area contributed by atoms with Crippen molar-refractivity contribution < 1.29 is 0 Å². The molecule has 0 aliphatic rings. The summed E-state index contributed by atoms with van der Waals surface area (Å²) in [6.45, 7) is 0. The van der Waals surface area contributed by atoms with E-state index in [2.05, 4.69) is 46.6 Å². The fourth-order valence-corrected chi connectivity index (χ4v) is 2.37. The maximum atomic E-state index is 3.47. The van der Waals surface area contributed by atoms with Gasteiger partial charge in [-0.3, -0.25) is 0 Å². The SMILES string of the molecule is CSc1cc(CBr)cc(SC)c1. The van der Waals surface area contributed by atoms with Crippen LogP contribution in [-0.4, -0.2) is 12.5 Å². The second kappa shape index (κ2) is 5.20. The van der Waals surface area contributed by atoms with Crippen molar-refractivity contribution in [2.24, 2.45) is 0 Å². The summed E-state index contributed by atoms with van der Waals surface area (Å²) in [4.78, 5) is 2.69. The minimum Gasteiger partial charge on any atom is -0.130 e. The highest BCUT2D eigenvalue weighted by atomic mass is 79.9. The van der Waals surface area contributed by atoms with Gasteiger partial charge in [0.2, 0.25) is 0 Å². The Morgan fingerprint density at radius 3 is 1.92 bits per heavy atom. The molecule has 0 atom stereocenters. The number of alkyl halides is 1. The van der Waals surface area contributed by atoms with Gasteiger partial charge in [-0.2, -0.15) is 0 Å². The molecule has 1 aromatic carbocycles. The van der Waals surface area contributed by atoms with Gasteiger partial charge in [-0.05, 0) is 36.3 Å². The molecule has 1 rings (SSSR count). The van der Waals surface area contributed by atoms with E-state index in [4.69, 9.17) is 0 Å². The van der Waals surface area contributed by atoms with Gasteiger partial charge in [0.25, 0.3) is 0 Å². The van der Waals surface area contributed by atoms with Gasteiger partial charge < -0.3 is 0 Å². The highest BCUT2D eigenvalue weighted by Crippen LogP contribution is 2.25. The van der Waals surface area contributed by atoms with Crippen LogP contribution in [0.5, 0.6) is 0 Å². The lowest BCUT2D eigenvalue weighted by molar-refractivity contribution is 1.26. The van der Waals surface area contributed by atoms with Crippen LogP contribution in [0.25, 0.3) is 0 Å². The van der Waals surface area contributed by atoms with Crippen molar-refractivity contribution in [2.45, 2.75) is 15.1 Å². The molecular formula is C9H11BrS2. The summed E-state index contributed by atoms with van der Waals surface area (Å²) in [5, 5.41) is 0.939. The lowest BCUT2D eigenvalue weighted by atomic mass is 10.2. The quantitative estimate of drug-likeness (QED) is 0.596. The molecule has 0 aromatic heterocycles. The van der Waals surface area contributed by atoms with Crippen molar-refractivity contribution >= 4 is 39.5 Å². The monoisotopic (exact) mass is 262 g/mol. The third-order valence-corrected chi connectivity index (χ3v) is 3.63. The summed E-state index contributed by atoms with van der Waals surface area (Å²) in [6.07, 6.45) is 4.22. The van der Waals surface area contributed by atoms with E-state index in [1.54, 1.807) is 23.5 Å². The van der Waals surface area contributed by atoms with E-state index in [0.717, 1.165) is 5.33 Å². The van der Waals surface area contributed by atoms with E-state index in [0.29, 0.717) is 0 Å². The second-order valence-electron chi connectivity index (χ2n) is 2.35. The molecular weight excluding hydrogens is 252 g/mol. The minimum absolute atomic E-state index is 0.939. The predicted octanol–water partition coefficient (Wildman–Crippen LogP) is 4.03. The van der Waals surface area contributed by atoms with Gasteiger partial charge in [-0.1, -0.05) is 15.9 Å². The molecule has 0 aliphatic heterocycles. The normalized spacial score (nSPS) is 10.2. The maximum Gasteiger partial charge on any atom is 0.0283 e. The van der Waals surface area contributed by atoms with Crippen molar-refractivity contribution in [2.75, 3.05) is 12.5 Å². The molecule has 0 N–H and O–H groups in total. The Labute approximate surface area is 90.6 Å². The van der Waals surface area contributed by atoms with Crippen LogP contribution in [0.15, 0.2) is 28.0 Å². The summed E-state index contributed by atoms with van der Waals surface area (Å²) in [7, 11) is 0. The highest BCUT2D eigenvalue weighted by Gasteiger charge is 1.98. The smallest absolute Gasteiger partial charge is 0.0283 e. The summed E-state index contributed by atoms with van der Waals surface area (Å²) < 4.78 is 0. The number of hydrogen-bond donors (Lipinski definition) is 0. The number of thioether (sulfide) groups is 2. The van der Waals surface area contributed by atoms with Crippen LogP contribution in [0.2, 0.25) is 0 Å². The first kappa shape index (κ1) is 10.5. The van der Waals surface area contributed by atoms with Crippen LogP contribution in [0.1, 0.15) is 5.56 Å². The molecule has 0 heterocycles. The average Bonchev–Trinajstić information content (AvgIpc) is 2.16. The Hall–Kier alpha value is 0.400. The standard InChI is InChI=1S/C9H11BrS2/c1-11-8-3-7(6-10)4-9(5-8)12-2/h3-5H,6H2,1-2H3. The zero-order valence-corrected chi connectivity index (χ0v) is 10.4. The number of halogens is 1. The molecule has 1 aromatic rings. The van der Waals surface area contributed by atoms with E-state index >= 15 is 0 Å². The van der Waals surface area contributed by atoms with Gasteiger partial charge >= 0.3 is 0 Å². The van der Waals surface area contributed by atoms with Crippen LogP contribution in [0.4, 0.5) is 0 Å². The first-order valence-electron chi connectivity index (χ1n) is 3.58. The van der Waals surface area contributed by atoms with E-state index in [1.807, 2.05) is 0 Å². The fraction of sp³-hybridized carbons (Fsp3) is 0.333. The van der Waals surface area contributed by atoms with Crippen LogP contribution in [0, 0.1) is 0 Å². The van der Waals surface area contributed by atoms with Gasteiger partial charge in [0.05, 0.1) is 0 Å². The summed E-state index contributed by atoms with van der Waals surface area (Å²) in [6, 6.07) is 6.67. The Kier molecular flexibility index (Phi) is 4.54. The molecule has 0 bridgehead atoms. The molecule has 0 aliphatic carbocycles. The van der Waals surface area contributed by atoms with Crippen LogP contribution >= 0.6 is 39.5 Å². The number of rotatable bonds is 3. The first-order chi connectivity index (χ1) is 5.80. The predicted molar refractivity (Wildman–Crippen MR) is 62.6 cm³/mol. The van der Waals surface area contributed by atoms with Crippen molar-refractivity contribution in [3.05, 3.63) is 23.8 Å². The fourth-order valence-electron chi connectivity index (χ4n) is 0.944. The van der Waals surface area contributed by atoms with Crippen LogP contribution in [-0.2, 0) is 5.33 Å². The second-order valence-corrected chi connectivity index (χ2v) is 4.67. The largest absolute Gasteiger partial charge is 0.130 e. The van der Waals surface area contributed by atoms with E-state index in [1.165, 1.54) is 15.4 Å². The first-order valence-corrected chi connectivity index (χ1v) is 7.15. The molecule has 0 saturated carbocycles. The number of benzene rings is 1. The molecule has 3 heteroatoms. The lowest BCUT2D eigenvalue weighted by Crippen LogP contribution is -1.80. The van der Waals surface area contributed by atoms with Gasteiger partial charge in [-0.25, -0.2) is 0 Å². The molecule has 66 valence electrons. The molecule has 0 saturated heterocycles. The summed E-state index contributed by atoms with van der Waals surface area (Å²) in [5.74, 6) is 0. The molecule has 0 amide bonds. The van der Waals surface area contributed by atoms with Crippen LogP contribution < -0.4 is 0 Å². The highest BCUT2D eigenvalue weighted by molar-refractivity contribution is 9.08. The van der Waals surface area contributed by atoms with Gasteiger partial charge in [0.15, 0.2) is 0 Å².